The summed E-state index contributed by atoms with van der Waals surface area (Å²) in [5.74, 6) is -1.15. The molecule has 0 spiro atoms. The van der Waals surface area contributed by atoms with Gasteiger partial charge in [0.15, 0.2) is 0 Å². The molecule has 0 aromatic heterocycles. The van der Waals surface area contributed by atoms with Crippen LogP contribution in [0, 0.1) is 0 Å². The van der Waals surface area contributed by atoms with Crippen molar-refractivity contribution in [1.82, 2.24) is 4.31 Å². The number of aromatic carboxylic acids is 1. The number of piperidine rings is 1. The third-order valence-electron chi connectivity index (χ3n) is 3.84. The minimum atomic E-state index is -3.71. The van der Waals surface area contributed by atoms with Gasteiger partial charge in [0.2, 0.25) is 10.0 Å². The van der Waals surface area contributed by atoms with Gasteiger partial charge in [0.05, 0.1) is 16.1 Å². The second-order valence-corrected chi connectivity index (χ2v) is 7.37. The van der Waals surface area contributed by atoms with E-state index in [1.54, 1.807) is 7.11 Å². The second kappa shape index (κ2) is 5.75. The number of nitrogens with zero attached hydrogens (tertiary/aromatic N) is 1. The maximum atomic E-state index is 12.6. The first-order valence-electron chi connectivity index (χ1n) is 6.67. The molecule has 6 nitrogen and oxygen atoms in total. The molecule has 0 radical (unpaired) electrons. The predicted octanol–water partition coefficient (Wildman–Crippen LogP) is 1.57. The maximum Gasteiger partial charge on any atom is 0.335 e. The lowest BCUT2D eigenvalue weighted by atomic mass is 9.96. The van der Waals surface area contributed by atoms with E-state index in [0.717, 1.165) is 6.42 Å². The number of carbonyl (C=O) groups is 1. The van der Waals surface area contributed by atoms with E-state index in [1.807, 2.05) is 6.92 Å². The van der Waals surface area contributed by atoms with Crippen molar-refractivity contribution < 1.29 is 23.1 Å². The Morgan fingerprint density at radius 1 is 1.43 bits per heavy atom. The molecule has 1 unspecified atom stereocenters. The highest BCUT2D eigenvalue weighted by Gasteiger charge is 2.37. The number of carboxylic acid groups (broad SMARTS) is 1. The summed E-state index contributed by atoms with van der Waals surface area (Å²) in [6, 6.07) is 5.42. The summed E-state index contributed by atoms with van der Waals surface area (Å²) in [5, 5.41) is 8.98. The van der Waals surface area contributed by atoms with Crippen molar-refractivity contribution in [3.8, 4) is 0 Å². The third kappa shape index (κ3) is 3.25. The van der Waals surface area contributed by atoms with Gasteiger partial charge in [0.25, 0.3) is 0 Å². The third-order valence-corrected chi connectivity index (χ3v) is 5.68. The highest BCUT2D eigenvalue weighted by Crippen LogP contribution is 2.28. The van der Waals surface area contributed by atoms with Crippen molar-refractivity contribution >= 4 is 16.0 Å². The SMILES string of the molecule is COC1(C)CCCN(S(=O)(=O)c2cccc(C(=O)O)c2)C1. The van der Waals surface area contributed by atoms with Gasteiger partial charge in [-0.3, -0.25) is 0 Å². The normalized spacial score (nSPS) is 23.9. The Morgan fingerprint density at radius 3 is 2.76 bits per heavy atom. The average Bonchev–Trinajstić information content (AvgIpc) is 2.47. The number of ether oxygens (including phenoxy) is 1. The summed E-state index contributed by atoms with van der Waals surface area (Å²) in [7, 11) is -2.14. The minimum absolute atomic E-state index is 0.00255. The van der Waals surface area contributed by atoms with Crippen molar-refractivity contribution in [2.24, 2.45) is 0 Å². The van der Waals surface area contributed by atoms with Gasteiger partial charge in [0, 0.05) is 20.2 Å². The predicted molar refractivity (Wildman–Crippen MR) is 76.8 cm³/mol. The average molecular weight is 313 g/mol. The van der Waals surface area contributed by atoms with Crippen molar-refractivity contribution in [1.29, 1.82) is 0 Å². The monoisotopic (exact) mass is 313 g/mol. The van der Waals surface area contributed by atoms with E-state index in [4.69, 9.17) is 9.84 Å². The van der Waals surface area contributed by atoms with Crippen LogP contribution in [0.4, 0.5) is 0 Å². The van der Waals surface area contributed by atoms with Crippen molar-refractivity contribution in [3.63, 3.8) is 0 Å². The number of methoxy groups -OCH3 is 1. The molecule has 1 aliphatic rings. The van der Waals surface area contributed by atoms with E-state index in [2.05, 4.69) is 0 Å². The van der Waals surface area contributed by atoms with Crippen molar-refractivity contribution in [2.75, 3.05) is 20.2 Å². The van der Waals surface area contributed by atoms with Gasteiger partial charge in [-0.2, -0.15) is 4.31 Å². The Balaban J connectivity index is 2.33. The van der Waals surface area contributed by atoms with Crippen LogP contribution in [0.3, 0.4) is 0 Å². The van der Waals surface area contributed by atoms with Crippen molar-refractivity contribution in [2.45, 2.75) is 30.3 Å². The molecule has 1 aliphatic heterocycles. The van der Waals surface area contributed by atoms with Gasteiger partial charge in [-0.15, -0.1) is 0 Å². The molecule has 1 N–H and O–H groups in total. The fourth-order valence-corrected chi connectivity index (χ4v) is 4.11. The molecule has 1 saturated heterocycles. The van der Waals surface area contributed by atoms with Crippen LogP contribution in [0.25, 0.3) is 0 Å². The largest absolute Gasteiger partial charge is 0.478 e. The zero-order chi connectivity index (χ0) is 15.7. The summed E-state index contributed by atoms with van der Waals surface area (Å²) >= 11 is 0. The molecule has 1 aromatic carbocycles. The van der Waals surface area contributed by atoms with E-state index < -0.39 is 21.6 Å². The standard InChI is InChI=1S/C14H19NO5S/c1-14(20-2)7-4-8-15(10-14)21(18,19)12-6-3-5-11(9-12)13(16)17/h3,5-6,9H,4,7-8,10H2,1-2H3,(H,16,17). The van der Waals surface area contributed by atoms with Gasteiger partial charge >= 0.3 is 5.97 Å². The molecule has 0 amide bonds. The lowest BCUT2D eigenvalue weighted by molar-refractivity contribution is -0.0319. The Kier molecular flexibility index (Phi) is 4.36. The lowest BCUT2D eigenvalue weighted by Gasteiger charge is -2.38. The maximum absolute atomic E-state index is 12.6. The van der Waals surface area contributed by atoms with Gasteiger partial charge in [-0.05, 0) is 38.0 Å². The van der Waals surface area contributed by atoms with Crippen LogP contribution in [-0.4, -0.2) is 49.6 Å². The highest BCUT2D eigenvalue weighted by atomic mass is 32.2. The quantitative estimate of drug-likeness (QED) is 0.912. The molecule has 1 fully saturated rings. The molecular weight excluding hydrogens is 294 g/mol. The molecule has 1 aromatic rings. The molecule has 21 heavy (non-hydrogen) atoms. The van der Waals surface area contributed by atoms with E-state index >= 15 is 0 Å². The van der Waals surface area contributed by atoms with Crippen LogP contribution >= 0.6 is 0 Å². The number of sulfonamides is 1. The Bertz CT molecular complexity index is 643. The number of hydrogen-bond donors (Lipinski definition) is 1. The van der Waals surface area contributed by atoms with E-state index in [1.165, 1.54) is 28.6 Å². The zero-order valence-electron chi connectivity index (χ0n) is 12.1. The summed E-state index contributed by atoms with van der Waals surface area (Å²) in [5.41, 5.74) is -0.544. The van der Waals surface area contributed by atoms with Gasteiger partial charge in [-0.1, -0.05) is 6.07 Å². The van der Waals surface area contributed by atoms with Gasteiger partial charge in [0.1, 0.15) is 0 Å². The Morgan fingerprint density at radius 2 is 2.14 bits per heavy atom. The Hall–Kier alpha value is -1.44. The van der Waals surface area contributed by atoms with Crippen LogP contribution in [-0.2, 0) is 14.8 Å². The van der Waals surface area contributed by atoms with Crippen LogP contribution in [0.1, 0.15) is 30.1 Å². The molecule has 1 atom stereocenters. The second-order valence-electron chi connectivity index (χ2n) is 5.43. The molecule has 0 aliphatic carbocycles. The lowest BCUT2D eigenvalue weighted by Crippen LogP contribution is -2.49. The molecule has 7 heteroatoms. The molecule has 2 rings (SSSR count). The minimum Gasteiger partial charge on any atom is -0.478 e. The highest BCUT2D eigenvalue weighted by molar-refractivity contribution is 7.89. The Labute approximate surface area is 124 Å². The van der Waals surface area contributed by atoms with Crippen LogP contribution in [0.5, 0.6) is 0 Å². The molecule has 0 bridgehead atoms. The molecule has 116 valence electrons. The summed E-state index contributed by atoms with van der Waals surface area (Å²) < 4.78 is 32.1. The fraction of sp³-hybridized carbons (Fsp3) is 0.500. The molecular formula is C14H19NO5S. The fourth-order valence-electron chi connectivity index (χ4n) is 2.47. The summed E-state index contributed by atoms with van der Waals surface area (Å²) in [4.78, 5) is 11.0. The molecule has 0 saturated carbocycles. The van der Waals surface area contributed by atoms with Crippen LogP contribution < -0.4 is 0 Å². The number of carboxylic acids is 1. The smallest absolute Gasteiger partial charge is 0.335 e. The van der Waals surface area contributed by atoms with Crippen LogP contribution in [0.2, 0.25) is 0 Å². The number of hydrogen-bond acceptors (Lipinski definition) is 4. The first-order valence-corrected chi connectivity index (χ1v) is 8.11. The van der Waals surface area contributed by atoms with E-state index in [9.17, 15) is 13.2 Å². The molecule has 1 heterocycles. The summed E-state index contributed by atoms with van der Waals surface area (Å²) in [6.45, 7) is 2.56. The van der Waals surface area contributed by atoms with E-state index in [-0.39, 0.29) is 17.0 Å². The number of benzene rings is 1. The topological polar surface area (TPSA) is 83.9 Å². The van der Waals surface area contributed by atoms with E-state index in [0.29, 0.717) is 13.0 Å². The van der Waals surface area contributed by atoms with Gasteiger partial charge < -0.3 is 9.84 Å². The summed E-state index contributed by atoms with van der Waals surface area (Å²) in [6.07, 6.45) is 1.51. The number of rotatable bonds is 4. The first-order chi connectivity index (χ1) is 9.78. The van der Waals surface area contributed by atoms with Crippen molar-refractivity contribution in [3.05, 3.63) is 29.8 Å². The van der Waals surface area contributed by atoms with Gasteiger partial charge in [-0.25, -0.2) is 13.2 Å². The van der Waals surface area contributed by atoms with Crippen LogP contribution in [0.15, 0.2) is 29.2 Å². The first kappa shape index (κ1) is 15.9. The zero-order valence-corrected chi connectivity index (χ0v) is 12.9.